The minimum Gasteiger partial charge on any atom is -0.467 e. The van der Waals surface area contributed by atoms with Crippen LogP contribution in [0.3, 0.4) is 0 Å². The van der Waals surface area contributed by atoms with Crippen LogP contribution in [0.1, 0.15) is 35.6 Å². The second-order valence-corrected chi connectivity index (χ2v) is 7.20. The van der Waals surface area contributed by atoms with E-state index in [9.17, 15) is 14.4 Å². The van der Waals surface area contributed by atoms with E-state index in [-0.39, 0.29) is 25.1 Å². The number of carbonyl (C=O) groups is 3. The molecule has 1 heterocycles. The minimum atomic E-state index is -0.687. The highest BCUT2D eigenvalue weighted by molar-refractivity contribution is 5.88. The number of nitrogens with one attached hydrogen (secondary N) is 1. The summed E-state index contributed by atoms with van der Waals surface area (Å²) in [5, 5.41) is 2.49. The van der Waals surface area contributed by atoms with Crippen molar-refractivity contribution in [3.8, 4) is 0 Å². The number of rotatable bonds is 6. The van der Waals surface area contributed by atoms with Gasteiger partial charge in [-0.3, -0.25) is 4.79 Å². The lowest BCUT2D eigenvalue weighted by Crippen LogP contribution is -2.47. The number of methoxy groups -OCH3 is 1. The lowest BCUT2D eigenvalue weighted by atomic mass is 9.99. The first-order valence-corrected chi connectivity index (χ1v) is 9.90. The summed E-state index contributed by atoms with van der Waals surface area (Å²) < 4.78 is 10.1. The summed E-state index contributed by atoms with van der Waals surface area (Å²) in [5.41, 5.74) is 2.88. The highest BCUT2D eigenvalue weighted by Gasteiger charge is 2.42. The molecule has 1 saturated heterocycles. The summed E-state index contributed by atoms with van der Waals surface area (Å²) in [7, 11) is 1.31. The van der Waals surface area contributed by atoms with Gasteiger partial charge in [-0.15, -0.1) is 0 Å². The largest absolute Gasteiger partial charge is 0.467 e. The number of alkyl carbamates (subject to hydrolysis) is 1. The molecule has 0 radical (unpaired) electrons. The molecule has 0 bridgehead atoms. The normalized spacial score (nSPS) is 18.0. The van der Waals surface area contributed by atoms with Crippen molar-refractivity contribution < 1.29 is 23.9 Å². The van der Waals surface area contributed by atoms with E-state index in [2.05, 4.69) is 5.32 Å². The van der Waals surface area contributed by atoms with Crippen molar-refractivity contribution in [2.75, 3.05) is 13.7 Å². The topological polar surface area (TPSA) is 84.9 Å². The summed E-state index contributed by atoms with van der Waals surface area (Å²) in [6.07, 6.45) is 0.471. The van der Waals surface area contributed by atoms with Crippen molar-refractivity contribution in [2.45, 2.75) is 38.5 Å². The van der Waals surface area contributed by atoms with Gasteiger partial charge in [0, 0.05) is 0 Å². The van der Waals surface area contributed by atoms with Gasteiger partial charge in [0.2, 0.25) is 5.91 Å². The second kappa shape index (κ2) is 9.91. The van der Waals surface area contributed by atoms with E-state index >= 15 is 0 Å². The van der Waals surface area contributed by atoms with Crippen LogP contribution in [-0.2, 0) is 25.7 Å². The Labute approximate surface area is 176 Å². The van der Waals surface area contributed by atoms with Gasteiger partial charge in [-0.25, -0.2) is 9.59 Å². The second-order valence-electron chi connectivity index (χ2n) is 7.20. The summed E-state index contributed by atoms with van der Waals surface area (Å²) >= 11 is 0. The zero-order valence-corrected chi connectivity index (χ0v) is 17.2. The molecule has 30 heavy (non-hydrogen) atoms. The summed E-state index contributed by atoms with van der Waals surface area (Å²) in [6.45, 7) is 1.83. The van der Waals surface area contributed by atoms with Crippen LogP contribution in [0.2, 0.25) is 0 Å². The first kappa shape index (κ1) is 21.4. The molecule has 2 atom stereocenters. The molecular formula is C23H26N2O5. The summed E-state index contributed by atoms with van der Waals surface area (Å²) in [4.78, 5) is 38.8. The smallest absolute Gasteiger partial charge is 0.407 e. The van der Waals surface area contributed by atoms with Gasteiger partial charge >= 0.3 is 12.1 Å². The third-order valence-corrected chi connectivity index (χ3v) is 5.29. The lowest BCUT2D eigenvalue weighted by molar-refractivity contribution is -0.152. The van der Waals surface area contributed by atoms with Crippen molar-refractivity contribution in [1.82, 2.24) is 10.2 Å². The van der Waals surface area contributed by atoms with Gasteiger partial charge < -0.3 is 19.7 Å². The predicted molar refractivity (Wildman–Crippen MR) is 110 cm³/mol. The van der Waals surface area contributed by atoms with Gasteiger partial charge in [0.15, 0.2) is 0 Å². The highest BCUT2D eigenvalue weighted by Crippen LogP contribution is 2.37. The molecule has 2 amide bonds. The summed E-state index contributed by atoms with van der Waals surface area (Å²) in [5.74, 6) is -0.807. The number of carbonyl (C=O) groups excluding carboxylic acids is 3. The van der Waals surface area contributed by atoms with Crippen LogP contribution >= 0.6 is 0 Å². The SMILES string of the molecule is COC(=O)[C@@H]1CCC(c2ccccc2C)N1C(=O)CNC(=O)OCc1ccccc1. The molecular weight excluding hydrogens is 384 g/mol. The number of nitrogens with zero attached hydrogens (tertiary/aromatic N) is 1. The maximum atomic E-state index is 13.0. The standard InChI is InChI=1S/C23H26N2O5/c1-16-8-6-7-11-18(16)19-12-13-20(22(27)29-2)25(19)21(26)14-24-23(28)30-15-17-9-4-3-5-10-17/h3-11,19-20H,12-15H2,1-2H3,(H,24,28)/t19?,20-/m0/s1. The minimum absolute atomic E-state index is 0.112. The monoisotopic (exact) mass is 410 g/mol. The van der Waals surface area contributed by atoms with Gasteiger partial charge in [-0.1, -0.05) is 54.6 Å². The molecule has 1 N–H and O–H groups in total. The Hall–Kier alpha value is -3.35. The van der Waals surface area contributed by atoms with E-state index in [0.717, 1.165) is 16.7 Å². The van der Waals surface area contributed by atoms with Crippen molar-refractivity contribution in [3.05, 3.63) is 71.3 Å². The van der Waals surface area contributed by atoms with E-state index < -0.39 is 18.1 Å². The lowest BCUT2D eigenvalue weighted by Gasteiger charge is -2.30. The van der Waals surface area contributed by atoms with Gasteiger partial charge in [0.05, 0.1) is 13.2 Å². The molecule has 7 heteroatoms. The molecule has 3 rings (SSSR count). The molecule has 1 fully saturated rings. The van der Waals surface area contributed by atoms with Crippen LogP contribution in [0.15, 0.2) is 54.6 Å². The first-order valence-electron chi connectivity index (χ1n) is 9.90. The maximum Gasteiger partial charge on any atom is 0.407 e. The zero-order valence-electron chi connectivity index (χ0n) is 17.2. The molecule has 0 saturated carbocycles. The molecule has 1 aliphatic heterocycles. The van der Waals surface area contributed by atoms with E-state index in [0.29, 0.717) is 12.8 Å². The van der Waals surface area contributed by atoms with E-state index in [4.69, 9.17) is 9.47 Å². The Morgan fingerprint density at radius 1 is 1.03 bits per heavy atom. The average Bonchev–Trinajstić information content (AvgIpc) is 3.21. The fraction of sp³-hybridized carbons (Fsp3) is 0.348. The molecule has 2 aromatic carbocycles. The molecule has 1 unspecified atom stereocenters. The Morgan fingerprint density at radius 3 is 2.43 bits per heavy atom. The Bertz CT molecular complexity index is 899. The third-order valence-electron chi connectivity index (χ3n) is 5.29. The Kier molecular flexibility index (Phi) is 7.06. The molecule has 7 nitrogen and oxygen atoms in total. The van der Waals surface area contributed by atoms with Gasteiger partial charge in [-0.05, 0) is 36.5 Å². The zero-order chi connectivity index (χ0) is 21.5. The van der Waals surface area contributed by atoms with Crippen LogP contribution in [0.4, 0.5) is 4.79 Å². The van der Waals surface area contributed by atoms with Crippen LogP contribution in [0, 0.1) is 6.92 Å². The number of amides is 2. The summed E-state index contributed by atoms with van der Waals surface area (Å²) in [6, 6.07) is 16.1. The molecule has 158 valence electrons. The maximum absolute atomic E-state index is 13.0. The number of benzene rings is 2. The number of esters is 1. The molecule has 2 aromatic rings. The molecule has 0 aliphatic carbocycles. The Balaban J connectivity index is 1.65. The number of aryl methyl sites for hydroxylation is 1. The van der Waals surface area contributed by atoms with Crippen molar-refractivity contribution >= 4 is 18.0 Å². The van der Waals surface area contributed by atoms with Gasteiger partial charge in [-0.2, -0.15) is 0 Å². The van der Waals surface area contributed by atoms with Crippen molar-refractivity contribution in [3.63, 3.8) is 0 Å². The van der Waals surface area contributed by atoms with E-state index in [1.807, 2.05) is 61.5 Å². The van der Waals surface area contributed by atoms with Crippen molar-refractivity contribution in [1.29, 1.82) is 0 Å². The fourth-order valence-electron chi connectivity index (χ4n) is 3.81. The molecule has 0 spiro atoms. The van der Waals surface area contributed by atoms with Crippen LogP contribution in [-0.4, -0.2) is 42.6 Å². The average molecular weight is 410 g/mol. The predicted octanol–water partition coefficient (Wildman–Crippen LogP) is 3.13. The molecule has 0 aromatic heterocycles. The van der Waals surface area contributed by atoms with Gasteiger partial charge in [0.25, 0.3) is 0 Å². The van der Waals surface area contributed by atoms with Crippen LogP contribution < -0.4 is 5.32 Å². The van der Waals surface area contributed by atoms with E-state index in [1.165, 1.54) is 12.0 Å². The van der Waals surface area contributed by atoms with Crippen LogP contribution in [0.5, 0.6) is 0 Å². The number of likely N-dealkylation sites (tertiary alicyclic amines) is 1. The fourth-order valence-corrected chi connectivity index (χ4v) is 3.81. The number of ether oxygens (including phenoxy) is 2. The number of hydrogen-bond donors (Lipinski definition) is 1. The number of hydrogen-bond acceptors (Lipinski definition) is 5. The molecule has 1 aliphatic rings. The van der Waals surface area contributed by atoms with E-state index in [1.54, 1.807) is 0 Å². The Morgan fingerprint density at radius 2 is 1.73 bits per heavy atom. The first-order chi connectivity index (χ1) is 14.5. The van der Waals surface area contributed by atoms with Crippen molar-refractivity contribution in [2.24, 2.45) is 0 Å². The van der Waals surface area contributed by atoms with Crippen LogP contribution in [0.25, 0.3) is 0 Å². The van der Waals surface area contributed by atoms with Gasteiger partial charge in [0.1, 0.15) is 19.2 Å². The third kappa shape index (κ3) is 4.97. The quantitative estimate of drug-likeness (QED) is 0.740. The highest BCUT2D eigenvalue weighted by atomic mass is 16.5.